The Labute approximate surface area is 332 Å². The van der Waals surface area contributed by atoms with E-state index in [1.165, 1.54) is 12.3 Å². The van der Waals surface area contributed by atoms with E-state index in [1.807, 2.05) is 18.2 Å². The minimum atomic E-state index is -1.04. The number of hydrogen-bond acceptors (Lipinski definition) is 10. The number of rotatable bonds is 15. The van der Waals surface area contributed by atoms with Gasteiger partial charge in [0.15, 0.2) is 0 Å². The van der Waals surface area contributed by atoms with Gasteiger partial charge in [-0.1, -0.05) is 60.1 Å². The predicted octanol–water partition coefficient (Wildman–Crippen LogP) is 6.56. The van der Waals surface area contributed by atoms with Gasteiger partial charge in [0, 0.05) is 71.5 Å². The monoisotopic (exact) mass is 786 g/mol. The number of halogens is 2. The number of hydrogen-bond donors (Lipinski definition) is 3. The summed E-state index contributed by atoms with van der Waals surface area (Å²) in [6.45, 7) is 1.78. The lowest BCUT2D eigenvalue weighted by Crippen LogP contribution is -2.54. The molecule has 14 heteroatoms. The highest BCUT2D eigenvalue weighted by Gasteiger charge is 2.45. The van der Waals surface area contributed by atoms with Crippen molar-refractivity contribution in [2.24, 2.45) is 0 Å². The number of amides is 4. The number of carbonyl (C=O) groups is 4. The van der Waals surface area contributed by atoms with Gasteiger partial charge in [0.2, 0.25) is 11.8 Å². The largest absolute Gasteiger partial charge is 0.489 e. The van der Waals surface area contributed by atoms with Crippen LogP contribution in [0, 0.1) is 17.1 Å². The summed E-state index contributed by atoms with van der Waals surface area (Å²) in [5.74, 6) is -1.51. The fourth-order valence-electron chi connectivity index (χ4n) is 6.76. The fraction of sp³-hybridized carbons (Fsp3) is 0.209. The number of pyridine rings is 1. The summed E-state index contributed by atoms with van der Waals surface area (Å²) < 4.78 is 26.9. The van der Waals surface area contributed by atoms with Gasteiger partial charge in [-0.15, -0.1) is 0 Å². The first-order valence-corrected chi connectivity index (χ1v) is 18.6. The molecule has 0 aliphatic carbocycles. The molecule has 288 valence electrons. The Balaban J connectivity index is 0.980. The molecule has 5 aromatic rings. The van der Waals surface area contributed by atoms with Crippen LogP contribution in [0.2, 0.25) is 5.02 Å². The molecular formula is C43H36ClFN6O6. The van der Waals surface area contributed by atoms with Crippen LogP contribution < -0.4 is 25.4 Å². The third-order valence-electron chi connectivity index (χ3n) is 9.62. The summed E-state index contributed by atoms with van der Waals surface area (Å²) in [7, 11) is 0. The van der Waals surface area contributed by atoms with E-state index in [1.54, 1.807) is 66.9 Å². The maximum absolute atomic E-state index is 14.6. The molecule has 7 rings (SSSR count). The molecule has 1 atom stereocenters. The molecule has 3 N–H and O–H groups in total. The third kappa shape index (κ3) is 8.62. The van der Waals surface area contributed by atoms with Crippen molar-refractivity contribution in [2.75, 3.05) is 18.4 Å². The van der Waals surface area contributed by atoms with Gasteiger partial charge >= 0.3 is 0 Å². The molecule has 1 saturated heterocycles. The summed E-state index contributed by atoms with van der Waals surface area (Å²) in [5.41, 5.74) is 4.54. The maximum Gasteiger partial charge on any atom is 0.264 e. The van der Waals surface area contributed by atoms with Crippen molar-refractivity contribution < 1.29 is 33.0 Å². The van der Waals surface area contributed by atoms with Crippen LogP contribution in [0.25, 0.3) is 11.1 Å². The van der Waals surface area contributed by atoms with E-state index in [0.29, 0.717) is 70.5 Å². The minimum absolute atomic E-state index is 0.0467. The Bertz CT molecular complexity index is 2420. The first-order chi connectivity index (χ1) is 27.7. The van der Waals surface area contributed by atoms with E-state index in [4.69, 9.17) is 21.1 Å². The SMILES string of the molecule is N#Cc1cncc(COc2cc(OCc3cccc(-c4ccccc4F)c3Cl)ccc2CNCCCNc2cccc3c2C(=O)N(C2CCC(=O)NC2=O)C3=O)c1. The molecule has 2 aliphatic heterocycles. The summed E-state index contributed by atoms with van der Waals surface area (Å²) in [6.07, 6.45) is 3.90. The van der Waals surface area contributed by atoms with Gasteiger partial charge in [-0.05, 0) is 49.7 Å². The van der Waals surface area contributed by atoms with Crippen LogP contribution in [-0.2, 0) is 29.3 Å². The van der Waals surface area contributed by atoms with Crippen molar-refractivity contribution in [3.05, 3.63) is 142 Å². The summed E-state index contributed by atoms with van der Waals surface area (Å²) in [6, 6.07) is 25.0. The number of benzene rings is 4. The quantitative estimate of drug-likeness (QED) is 0.0783. The molecular weight excluding hydrogens is 751 g/mol. The van der Waals surface area contributed by atoms with Crippen LogP contribution in [0.3, 0.4) is 0 Å². The molecule has 0 spiro atoms. The van der Waals surface area contributed by atoms with Crippen LogP contribution >= 0.6 is 11.6 Å². The number of anilines is 1. The Kier molecular flexibility index (Phi) is 11.8. The van der Waals surface area contributed by atoms with Gasteiger partial charge < -0.3 is 20.1 Å². The Hall–Kier alpha value is -6.62. The van der Waals surface area contributed by atoms with Crippen molar-refractivity contribution in [1.29, 1.82) is 5.26 Å². The van der Waals surface area contributed by atoms with Crippen LogP contribution in [0.1, 0.15) is 62.2 Å². The molecule has 1 aromatic heterocycles. The molecule has 0 saturated carbocycles. The van der Waals surface area contributed by atoms with Gasteiger partial charge in [-0.25, -0.2) is 4.39 Å². The topological polar surface area (TPSA) is 163 Å². The Morgan fingerprint density at radius 1 is 0.877 bits per heavy atom. The molecule has 12 nitrogen and oxygen atoms in total. The average molecular weight is 787 g/mol. The number of carbonyl (C=O) groups excluding carboxylic acids is 4. The Morgan fingerprint density at radius 3 is 2.51 bits per heavy atom. The third-order valence-corrected chi connectivity index (χ3v) is 10.1. The second kappa shape index (κ2) is 17.5. The number of nitrogens with one attached hydrogen (secondary N) is 3. The number of piperidine rings is 1. The van der Waals surface area contributed by atoms with Gasteiger partial charge in [-0.2, -0.15) is 5.26 Å². The van der Waals surface area contributed by atoms with Crippen molar-refractivity contribution in [3.63, 3.8) is 0 Å². The number of aromatic nitrogens is 1. The number of fused-ring (bicyclic) bond motifs is 1. The molecule has 57 heavy (non-hydrogen) atoms. The van der Waals surface area contributed by atoms with E-state index in [2.05, 4.69) is 27.0 Å². The normalized spacial score (nSPS) is 14.9. The average Bonchev–Trinajstić information content (AvgIpc) is 3.47. The minimum Gasteiger partial charge on any atom is -0.489 e. The number of imide groups is 2. The van der Waals surface area contributed by atoms with Crippen molar-refractivity contribution in [2.45, 2.75) is 45.1 Å². The van der Waals surface area contributed by atoms with Gasteiger partial charge in [-0.3, -0.25) is 34.4 Å². The summed E-state index contributed by atoms with van der Waals surface area (Å²) >= 11 is 6.72. The zero-order valence-electron chi connectivity index (χ0n) is 30.5. The highest BCUT2D eigenvalue weighted by Crippen LogP contribution is 2.35. The summed E-state index contributed by atoms with van der Waals surface area (Å²) in [5, 5.41) is 18.6. The number of ether oxygens (including phenoxy) is 2. The van der Waals surface area contributed by atoms with Crippen LogP contribution in [0.15, 0.2) is 97.3 Å². The van der Waals surface area contributed by atoms with Crippen molar-refractivity contribution in [3.8, 4) is 28.7 Å². The molecule has 0 bridgehead atoms. The predicted molar refractivity (Wildman–Crippen MR) is 209 cm³/mol. The van der Waals surface area contributed by atoms with Crippen LogP contribution in [0.4, 0.5) is 10.1 Å². The molecule has 4 aromatic carbocycles. The van der Waals surface area contributed by atoms with Gasteiger partial charge in [0.1, 0.15) is 42.6 Å². The smallest absolute Gasteiger partial charge is 0.264 e. The highest BCUT2D eigenvalue weighted by atomic mass is 35.5. The second-order valence-electron chi connectivity index (χ2n) is 13.4. The highest BCUT2D eigenvalue weighted by molar-refractivity contribution is 6.34. The van der Waals surface area contributed by atoms with Crippen LogP contribution in [0.5, 0.6) is 11.5 Å². The van der Waals surface area contributed by atoms with Gasteiger partial charge in [0.25, 0.3) is 11.8 Å². The van der Waals surface area contributed by atoms with E-state index in [-0.39, 0.29) is 43.0 Å². The van der Waals surface area contributed by atoms with Crippen molar-refractivity contribution in [1.82, 2.24) is 20.5 Å². The second-order valence-corrected chi connectivity index (χ2v) is 13.8. The molecule has 4 amide bonds. The molecule has 3 heterocycles. The standard InChI is InChI=1S/C43H36ClFN6O6/c44-40-29(6-3-8-32(40)31-7-1-2-10-34(31)45)25-56-30-13-12-28(37(19-30)57-24-27-18-26(20-46)21-48-22-27)23-47-16-5-17-49-35-11-4-9-33-39(35)43(55)51(42(33)54)36-14-15-38(52)50-41(36)53/h1-4,6-13,18-19,21-22,36,47,49H,5,14-17,23-25H2,(H,50,52,53). The van der Waals surface area contributed by atoms with E-state index in [9.17, 15) is 28.8 Å². The van der Waals surface area contributed by atoms with E-state index >= 15 is 0 Å². The van der Waals surface area contributed by atoms with Crippen LogP contribution in [-0.4, -0.2) is 52.6 Å². The summed E-state index contributed by atoms with van der Waals surface area (Å²) in [4.78, 5) is 55.8. The first-order valence-electron chi connectivity index (χ1n) is 18.3. The number of nitriles is 1. The lowest BCUT2D eigenvalue weighted by molar-refractivity contribution is -0.136. The molecule has 1 unspecified atom stereocenters. The van der Waals surface area contributed by atoms with Gasteiger partial charge in [0.05, 0.1) is 21.7 Å². The first kappa shape index (κ1) is 38.6. The lowest BCUT2D eigenvalue weighted by atomic mass is 10.0. The Morgan fingerprint density at radius 2 is 1.68 bits per heavy atom. The molecule has 1 fully saturated rings. The van der Waals surface area contributed by atoms with E-state index in [0.717, 1.165) is 16.0 Å². The lowest BCUT2D eigenvalue weighted by Gasteiger charge is -2.27. The molecule has 0 radical (unpaired) electrons. The number of nitrogens with zero attached hydrogens (tertiary/aromatic N) is 3. The zero-order valence-corrected chi connectivity index (χ0v) is 31.3. The molecule has 2 aliphatic rings. The zero-order chi connectivity index (χ0) is 39.9. The van der Waals surface area contributed by atoms with Crippen molar-refractivity contribution >= 4 is 40.9 Å². The maximum atomic E-state index is 14.6. The van der Waals surface area contributed by atoms with E-state index < -0.39 is 29.7 Å². The fourth-order valence-corrected chi connectivity index (χ4v) is 7.04.